The third-order valence-corrected chi connectivity index (χ3v) is 5.58. The standard InChI is InChI=1S/C27H18N4/c1-3-15-28-24(7-1)20-11-9-19(10-12-20)21-13-14-25-23(18-21)22-6-5-17-30-27(22)31(25)26-8-2-4-16-29-26/h1-18H. The van der Waals surface area contributed by atoms with Crippen molar-refractivity contribution in [3.63, 3.8) is 0 Å². The minimum Gasteiger partial charge on any atom is -0.278 e. The van der Waals surface area contributed by atoms with Gasteiger partial charge in [-0.05, 0) is 59.7 Å². The molecule has 6 aromatic rings. The van der Waals surface area contributed by atoms with Gasteiger partial charge in [-0.1, -0.05) is 42.5 Å². The Kier molecular flexibility index (Phi) is 4.06. The predicted octanol–water partition coefficient (Wildman–Crippen LogP) is 6.30. The Morgan fingerprint density at radius 2 is 1.26 bits per heavy atom. The van der Waals surface area contributed by atoms with Gasteiger partial charge in [0.25, 0.3) is 0 Å². The fraction of sp³-hybridized carbons (Fsp3) is 0. The molecule has 0 aliphatic heterocycles. The SMILES string of the molecule is c1ccc(-c2ccc(-c3ccc4c(c3)c3cccnc3n4-c3ccccn3)cc2)nc1. The number of pyridine rings is 3. The highest BCUT2D eigenvalue weighted by Crippen LogP contribution is 2.33. The fourth-order valence-electron chi connectivity index (χ4n) is 4.11. The van der Waals surface area contributed by atoms with Crippen LogP contribution in [-0.2, 0) is 0 Å². The molecule has 0 bridgehead atoms. The summed E-state index contributed by atoms with van der Waals surface area (Å²) in [5.74, 6) is 0.869. The summed E-state index contributed by atoms with van der Waals surface area (Å²) in [5, 5.41) is 2.29. The van der Waals surface area contributed by atoms with Crippen LogP contribution in [0.4, 0.5) is 0 Å². The van der Waals surface area contributed by atoms with Crippen LogP contribution in [0.2, 0.25) is 0 Å². The van der Waals surface area contributed by atoms with E-state index in [1.54, 1.807) is 0 Å². The van der Waals surface area contributed by atoms with Crippen molar-refractivity contribution in [1.82, 2.24) is 19.5 Å². The molecule has 0 aliphatic carbocycles. The van der Waals surface area contributed by atoms with Crippen molar-refractivity contribution in [3.8, 4) is 28.2 Å². The average molecular weight is 398 g/mol. The van der Waals surface area contributed by atoms with Crippen LogP contribution in [0.15, 0.2) is 110 Å². The average Bonchev–Trinajstić information content (AvgIpc) is 3.19. The number of hydrogen-bond donors (Lipinski definition) is 0. The molecule has 2 aromatic carbocycles. The maximum absolute atomic E-state index is 4.66. The van der Waals surface area contributed by atoms with Crippen LogP contribution in [-0.4, -0.2) is 19.5 Å². The molecule has 31 heavy (non-hydrogen) atoms. The van der Waals surface area contributed by atoms with Crippen molar-refractivity contribution >= 4 is 21.9 Å². The van der Waals surface area contributed by atoms with Crippen LogP contribution in [0.5, 0.6) is 0 Å². The van der Waals surface area contributed by atoms with Gasteiger partial charge in [0.15, 0.2) is 0 Å². The summed E-state index contributed by atoms with van der Waals surface area (Å²) >= 11 is 0. The number of benzene rings is 2. The normalized spacial score (nSPS) is 11.2. The topological polar surface area (TPSA) is 43.6 Å². The molecule has 6 rings (SSSR count). The maximum Gasteiger partial charge on any atom is 0.146 e. The first-order valence-electron chi connectivity index (χ1n) is 10.2. The van der Waals surface area contributed by atoms with Gasteiger partial charge < -0.3 is 0 Å². The van der Waals surface area contributed by atoms with Crippen molar-refractivity contribution < 1.29 is 0 Å². The van der Waals surface area contributed by atoms with Gasteiger partial charge >= 0.3 is 0 Å². The molecule has 0 aliphatic rings. The molecule has 0 atom stereocenters. The van der Waals surface area contributed by atoms with E-state index in [2.05, 4.69) is 68.0 Å². The number of nitrogens with zero attached hydrogens (tertiary/aromatic N) is 4. The monoisotopic (exact) mass is 398 g/mol. The van der Waals surface area contributed by atoms with Gasteiger partial charge in [0, 0.05) is 34.9 Å². The van der Waals surface area contributed by atoms with E-state index < -0.39 is 0 Å². The molecule has 0 unspecified atom stereocenters. The van der Waals surface area contributed by atoms with E-state index in [9.17, 15) is 0 Å². The van der Waals surface area contributed by atoms with Crippen LogP contribution in [0.3, 0.4) is 0 Å². The van der Waals surface area contributed by atoms with Crippen LogP contribution >= 0.6 is 0 Å². The largest absolute Gasteiger partial charge is 0.278 e. The quantitative estimate of drug-likeness (QED) is 0.351. The Balaban J connectivity index is 1.50. The summed E-state index contributed by atoms with van der Waals surface area (Å²) in [4.78, 5) is 13.7. The number of aromatic nitrogens is 4. The van der Waals surface area contributed by atoms with E-state index in [1.165, 1.54) is 16.5 Å². The van der Waals surface area contributed by atoms with Crippen molar-refractivity contribution in [2.45, 2.75) is 0 Å². The second kappa shape index (κ2) is 7.18. The Bertz CT molecular complexity index is 1500. The molecule has 4 nitrogen and oxygen atoms in total. The van der Waals surface area contributed by atoms with E-state index in [1.807, 2.05) is 61.1 Å². The summed E-state index contributed by atoms with van der Waals surface area (Å²) in [6, 6.07) is 31.1. The highest BCUT2D eigenvalue weighted by molar-refractivity contribution is 6.09. The molecule has 0 saturated heterocycles. The van der Waals surface area contributed by atoms with E-state index in [0.717, 1.165) is 33.6 Å². The van der Waals surface area contributed by atoms with Gasteiger partial charge in [-0.15, -0.1) is 0 Å². The summed E-state index contributed by atoms with van der Waals surface area (Å²) < 4.78 is 2.12. The van der Waals surface area contributed by atoms with Crippen molar-refractivity contribution in [1.29, 1.82) is 0 Å². The molecule has 0 saturated carbocycles. The van der Waals surface area contributed by atoms with Gasteiger partial charge in [-0.3, -0.25) is 9.55 Å². The van der Waals surface area contributed by atoms with Gasteiger partial charge in [-0.2, -0.15) is 0 Å². The number of rotatable bonds is 3. The summed E-state index contributed by atoms with van der Waals surface area (Å²) in [6.07, 6.45) is 5.47. The molecule has 4 heteroatoms. The third kappa shape index (κ3) is 2.97. The molecule has 0 N–H and O–H groups in total. The van der Waals surface area contributed by atoms with Crippen LogP contribution in [0.25, 0.3) is 50.1 Å². The minimum absolute atomic E-state index is 0.869. The second-order valence-electron chi connectivity index (χ2n) is 7.42. The Hall–Kier alpha value is -4.31. The van der Waals surface area contributed by atoms with Crippen molar-refractivity contribution in [3.05, 3.63) is 110 Å². The number of fused-ring (bicyclic) bond motifs is 3. The van der Waals surface area contributed by atoms with Gasteiger partial charge in [-0.25, -0.2) is 9.97 Å². The Morgan fingerprint density at radius 3 is 2.03 bits per heavy atom. The van der Waals surface area contributed by atoms with E-state index in [-0.39, 0.29) is 0 Å². The molecule has 0 spiro atoms. The molecule has 0 amide bonds. The van der Waals surface area contributed by atoms with Gasteiger partial charge in [0.05, 0.1) is 11.2 Å². The zero-order valence-electron chi connectivity index (χ0n) is 16.7. The molecule has 146 valence electrons. The zero-order valence-corrected chi connectivity index (χ0v) is 16.7. The molecule has 0 fully saturated rings. The van der Waals surface area contributed by atoms with Crippen molar-refractivity contribution in [2.75, 3.05) is 0 Å². The first kappa shape index (κ1) is 17.5. The summed E-state index contributed by atoms with van der Waals surface area (Å²) in [5.41, 5.74) is 6.45. The first-order valence-corrected chi connectivity index (χ1v) is 10.2. The molecule has 4 aromatic heterocycles. The fourth-order valence-corrected chi connectivity index (χ4v) is 4.11. The lowest BCUT2D eigenvalue weighted by Gasteiger charge is -2.07. The van der Waals surface area contributed by atoms with Gasteiger partial charge in [0.1, 0.15) is 11.5 Å². The van der Waals surface area contributed by atoms with E-state index in [0.29, 0.717) is 0 Å². The van der Waals surface area contributed by atoms with Gasteiger partial charge in [0.2, 0.25) is 0 Å². The smallest absolute Gasteiger partial charge is 0.146 e. The van der Waals surface area contributed by atoms with E-state index >= 15 is 0 Å². The molecule has 4 heterocycles. The highest BCUT2D eigenvalue weighted by atomic mass is 15.1. The Labute approximate surface area is 179 Å². The predicted molar refractivity (Wildman–Crippen MR) is 125 cm³/mol. The van der Waals surface area contributed by atoms with Crippen LogP contribution < -0.4 is 0 Å². The lowest BCUT2D eigenvalue weighted by Crippen LogP contribution is -1.97. The third-order valence-electron chi connectivity index (χ3n) is 5.58. The molecule has 0 radical (unpaired) electrons. The van der Waals surface area contributed by atoms with Crippen LogP contribution in [0.1, 0.15) is 0 Å². The second-order valence-corrected chi connectivity index (χ2v) is 7.42. The first-order chi connectivity index (χ1) is 15.4. The lowest BCUT2D eigenvalue weighted by atomic mass is 10.0. The molecular formula is C27H18N4. The highest BCUT2D eigenvalue weighted by Gasteiger charge is 2.14. The zero-order chi connectivity index (χ0) is 20.6. The maximum atomic E-state index is 4.66. The van der Waals surface area contributed by atoms with E-state index in [4.69, 9.17) is 0 Å². The summed E-state index contributed by atoms with van der Waals surface area (Å²) in [6.45, 7) is 0. The molecular weight excluding hydrogens is 380 g/mol. The number of hydrogen-bond acceptors (Lipinski definition) is 3. The van der Waals surface area contributed by atoms with Crippen molar-refractivity contribution in [2.24, 2.45) is 0 Å². The Morgan fingerprint density at radius 1 is 0.516 bits per heavy atom. The lowest BCUT2D eigenvalue weighted by molar-refractivity contribution is 1.06. The summed E-state index contributed by atoms with van der Waals surface area (Å²) in [7, 11) is 0. The minimum atomic E-state index is 0.869. The van der Waals surface area contributed by atoms with Crippen LogP contribution in [0, 0.1) is 0 Å².